The summed E-state index contributed by atoms with van der Waals surface area (Å²) in [6.45, 7) is 3.65. The maximum Gasteiger partial charge on any atom is 0.126 e. The van der Waals surface area contributed by atoms with E-state index >= 15 is 0 Å². The lowest BCUT2D eigenvalue weighted by molar-refractivity contribution is 0.124. The number of benzene rings is 1. The summed E-state index contributed by atoms with van der Waals surface area (Å²) >= 11 is 0. The van der Waals surface area contributed by atoms with E-state index in [-0.39, 0.29) is 11.7 Å². The van der Waals surface area contributed by atoms with Gasteiger partial charge in [0, 0.05) is 11.6 Å². The second kappa shape index (κ2) is 3.75. The van der Waals surface area contributed by atoms with Crippen LogP contribution in [-0.4, -0.2) is 10.2 Å². The molecule has 1 aromatic carbocycles. The van der Waals surface area contributed by atoms with Crippen LogP contribution in [0.4, 0.5) is 4.39 Å². The van der Waals surface area contributed by atoms with Gasteiger partial charge in [-0.25, -0.2) is 4.39 Å². The number of hydrogen-bond donors (Lipinski definition) is 2. The molecule has 1 aromatic rings. The molecule has 0 saturated heterocycles. The number of aliphatic hydroxyl groups excluding tert-OH is 1. The van der Waals surface area contributed by atoms with Crippen molar-refractivity contribution in [2.75, 3.05) is 0 Å². The summed E-state index contributed by atoms with van der Waals surface area (Å²) in [4.78, 5) is 0. The number of aromatic hydroxyl groups is 1. The first-order valence-electron chi connectivity index (χ1n) is 4.19. The second-order valence-corrected chi connectivity index (χ2v) is 3.39. The van der Waals surface area contributed by atoms with Gasteiger partial charge >= 0.3 is 0 Å². The molecular formula is C10H13FO2. The van der Waals surface area contributed by atoms with Crippen molar-refractivity contribution in [1.29, 1.82) is 0 Å². The summed E-state index contributed by atoms with van der Waals surface area (Å²) in [5.41, 5.74) is 0.372. The third kappa shape index (κ3) is 2.18. The lowest BCUT2D eigenvalue weighted by Gasteiger charge is -2.15. The highest BCUT2D eigenvalue weighted by atomic mass is 19.1. The lowest BCUT2D eigenvalue weighted by atomic mass is 9.98. The molecule has 0 amide bonds. The van der Waals surface area contributed by atoms with Gasteiger partial charge in [0.15, 0.2) is 0 Å². The minimum absolute atomic E-state index is 0.00337. The molecule has 0 aromatic heterocycles. The van der Waals surface area contributed by atoms with Crippen LogP contribution < -0.4 is 0 Å². The van der Waals surface area contributed by atoms with Crippen molar-refractivity contribution in [3.8, 4) is 5.75 Å². The monoisotopic (exact) mass is 184 g/mol. The molecule has 72 valence electrons. The predicted octanol–water partition coefficient (Wildman–Crippen LogP) is 2.22. The zero-order valence-electron chi connectivity index (χ0n) is 7.66. The summed E-state index contributed by atoms with van der Waals surface area (Å²) in [6, 6.07) is 3.62. The Morgan fingerprint density at radius 1 is 1.31 bits per heavy atom. The smallest absolute Gasteiger partial charge is 0.126 e. The zero-order chi connectivity index (χ0) is 10.0. The molecule has 3 heteroatoms. The molecule has 2 nitrogen and oxygen atoms in total. The summed E-state index contributed by atoms with van der Waals surface area (Å²) in [6.07, 6.45) is -0.749. The molecule has 0 bridgehead atoms. The third-order valence-electron chi connectivity index (χ3n) is 1.94. The van der Waals surface area contributed by atoms with Crippen molar-refractivity contribution in [2.45, 2.75) is 20.0 Å². The maximum absolute atomic E-state index is 12.6. The Balaban J connectivity index is 3.01. The molecule has 0 radical (unpaired) electrons. The highest BCUT2D eigenvalue weighted by molar-refractivity contribution is 5.34. The van der Waals surface area contributed by atoms with E-state index in [2.05, 4.69) is 0 Å². The van der Waals surface area contributed by atoms with Crippen LogP contribution in [-0.2, 0) is 0 Å². The maximum atomic E-state index is 12.6. The van der Waals surface area contributed by atoms with Crippen LogP contribution in [0.25, 0.3) is 0 Å². The summed E-state index contributed by atoms with van der Waals surface area (Å²) in [7, 11) is 0. The lowest BCUT2D eigenvalue weighted by Crippen LogP contribution is -2.05. The van der Waals surface area contributed by atoms with Gasteiger partial charge in [-0.1, -0.05) is 13.8 Å². The van der Waals surface area contributed by atoms with Gasteiger partial charge in [0.1, 0.15) is 11.6 Å². The van der Waals surface area contributed by atoms with Gasteiger partial charge in [0.25, 0.3) is 0 Å². The van der Waals surface area contributed by atoms with Gasteiger partial charge in [0.05, 0.1) is 6.10 Å². The van der Waals surface area contributed by atoms with Crippen molar-refractivity contribution >= 4 is 0 Å². The first-order chi connectivity index (χ1) is 6.02. The molecule has 1 rings (SSSR count). The van der Waals surface area contributed by atoms with Crippen LogP contribution in [0.1, 0.15) is 25.5 Å². The highest BCUT2D eigenvalue weighted by Gasteiger charge is 2.15. The van der Waals surface area contributed by atoms with E-state index in [4.69, 9.17) is 0 Å². The summed E-state index contributed by atoms with van der Waals surface area (Å²) in [5.74, 6) is -0.699. The van der Waals surface area contributed by atoms with Crippen LogP contribution in [0.5, 0.6) is 5.75 Å². The predicted molar refractivity (Wildman–Crippen MR) is 47.9 cm³/mol. The fourth-order valence-electron chi connectivity index (χ4n) is 1.13. The van der Waals surface area contributed by atoms with Crippen LogP contribution in [0.3, 0.4) is 0 Å². The Hall–Kier alpha value is -1.09. The average molecular weight is 184 g/mol. The molecule has 1 unspecified atom stereocenters. The van der Waals surface area contributed by atoms with Crippen molar-refractivity contribution < 1.29 is 14.6 Å². The van der Waals surface area contributed by atoms with Gasteiger partial charge in [-0.3, -0.25) is 0 Å². The number of halogens is 1. The van der Waals surface area contributed by atoms with E-state index in [0.717, 1.165) is 6.07 Å². The standard InChI is InChI=1S/C10H13FO2/c1-6(2)10(13)8-4-3-7(11)5-9(8)12/h3-6,10,12-13H,1-2H3. The van der Waals surface area contributed by atoms with E-state index in [9.17, 15) is 14.6 Å². The molecule has 0 aliphatic heterocycles. The van der Waals surface area contributed by atoms with Crippen LogP contribution in [0.15, 0.2) is 18.2 Å². The number of phenolic OH excluding ortho intramolecular Hbond substituents is 1. The van der Waals surface area contributed by atoms with Gasteiger partial charge in [-0.2, -0.15) is 0 Å². The SMILES string of the molecule is CC(C)C(O)c1ccc(F)cc1O. The Morgan fingerprint density at radius 3 is 2.38 bits per heavy atom. The van der Waals surface area contributed by atoms with Crippen LogP contribution in [0.2, 0.25) is 0 Å². The van der Waals surface area contributed by atoms with Crippen molar-refractivity contribution in [3.05, 3.63) is 29.6 Å². The van der Waals surface area contributed by atoms with Crippen molar-refractivity contribution in [1.82, 2.24) is 0 Å². The van der Waals surface area contributed by atoms with E-state index in [1.54, 1.807) is 0 Å². The van der Waals surface area contributed by atoms with Crippen LogP contribution in [0, 0.1) is 11.7 Å². The number of aliphatic hydroxyl groups is 1. The topological polar surface area (TPSA) is 40.5 Å². The minimum atomic E-state index is -0.749. The van der Waals surface area contributed by atoms with Crippen molar-refractivity contribution in [2.24, 2.45) is 5.92 Å². The Bertz CT molecular complexity index is 297. The van der Waals surface area contributed by atoms with Gasteiger partial charge in [-0.05, 0) is 18.1 Å². The molecule has 0 heterocycles. The van der Waals surface area contributed by atoms with Gasteiger partial charge in [0.2, 0.25) is 0 Å². The molecule has 13 heavy (non-hydrogen) atoms. The fourth-order valence-corrected chi connectivity index (χ4v) is 1.13. The Labute approximate surface area is 76.6 Å². The summed E-state index contributed by atoms with van der Waals surface area (Å²) < 4.78 is 12.6. The zero-order valence-corrected chi connectivity index (χ0v) is 7.66. The molecule has 0 saturated carbocycles. The van der Waals surface area contributed by atoms with E-state index < -0.39 is 11.9 Å². The van der Waals surface area contributed by atoms with Gasteiger partial charge < -0.3 is 10.2 Å². The van der Waals surface area contributed by atoms with E-state index in [1.807, 2.05) is 13.8 Å². The molecule has 0 spiro atoms. The fraction of sp³-hybridized carbons (Fsp3) is 0.400. The molecule has 0 aliphatic rings. The number of hydrogen-bond acceptors (Lipinski definition) is 2. The van der Waals surface area contributed by atoms with E-state index in [0.29, 0.717) is 5.56 Å². The molecule has 1 atom stereocenters. The largest absolute Gasteiger partial charge is 0.507 e. The highest BCUT2D eigenvalue weighted by Crippen LogP contribution is 2.29. The third-order valence-corrected chi connectivity index (χ3v) is 1.94. The number of rotatable bonds is 2. The molecule has 2 N–H and O–H groups in total. The normalized spacial score (nSPS) is 13.3. The second-order valence-electron chi connectivity index (χ2n) is 3.39. The Morgan fingerprint density at radius 2 is 1.92 bits per heavy atom. The number of phenols is 1. The molecule has 0 aliphatic carbocycles. The van der Waals surface area contributed by atoms with Crippen molar-refractivity contribution in [3.63, 3.8) is 0 Å². The molecule has 0 fully saturated rings. The summed E-state index contributed by atoms with van der Waals surface area (Å²) in [5, 5.41) is 18.9. The molecular weight excluding hydrogens is 171 g/mol. The first kappa shape index (κ1) is 9.99. The average Bonchev–Trinajstić information content (AvgIpc) is 2.03. The quantitative estimate of drug-likeness (QED) is 0.739. The van der Waals surface area contributed by atoms with E-state index in [1.165, 1.54) is 12.1 Å². The van der Waals surface area contributed by atoms with Crippen LogP contribution >= 0.6 is 0 Å². The Kier molecular flexibility index (Phi) is 2.88. The van der Waals surface area contributed by atoms with Gasteiger partial charge in [-0.15, -0.1) is 0 Å². The minimum Gasteiger partial charge on any atom is -0.507 e. The first-order valence-corrected chi connectivity index (χ1v) is 4.19.